The molecule has 35 heavy (non-hydrogen) atoms. The van der Waals surface area contributed by atoms with Crippen LogP contribution in [0.15, 0.2) is 60.9 Å². The van der Waals surface area contributed by atoms with Crippen LogP contribution in [0.25, 0.3) is 6.08 Å². The second kappa shape index (κ2) is 13.0. The first kappa shape index (κ1) is 25.6. The monoisotopic (exact) mass is 478 g/mol. The number of hydrogen-bond donors (Lipinski definition) is 2. The zero-order valence-electron chi connectivity index (χ0n) is 19.7. The number of nitrogens with one attached hydrogen (secondary N) is 2. The van der Waals surface area contributed by atoms with Gasteiger partial charge in [0.2, 0.25) is 17.7 Å². The predicted octanol–water partition coefficient (Wildman–Crippen LogP) is 1.70. The fraction of sp³-hybridized carbons (Fsp3) is 0.346. The third-order valence-corrected chi connectivity index (χ3v) is 5.59. The van der Waals surface area contributed by atoms with Gasteiger partial charge in [-0.1, -0.05) is 30.3 Å². The van der Waals surface area contributed by atoms with Gasteiger partial charge in [-0.15, -0.1) is 0 Å². The molecular weight excluding hydrogens is 448 g/mol. The van der Waals surface area contributed by atoms with Gasteiger partial charge in [-0.3, -0.25) is 19.4 Å². The van der Waals surface area contributed by atoms with E-state index in [4.69, 9.17) is 4.74 Å². The van der Waals surface area contributed by atoms with Gasteiger partial charge >= 0.3 is 5.97 Å². The van der Waals surface area contributed by atoms with Gasteiger partial charge in [0.25, 0.3) is 0 Å². The maximum atomic E-state index is 12.8. The van der Waals surface area contributed by atoms with Gasteiger partial charge < -0.3 is 20.3 Å². The number of ether oxygens (including phenoxy) is 1. The molecule has 1 aliphatic rings. The Kier molecular flexibility index (Phi) is 9.53. The number of nitrogens with zero attached hydrogens (tertiary/aromatic N) is 2. The second-order valence-corrected chi connectivity index (χ2v) is 8.33. The van der Waals surface area contributed by atoms with E-state index < -0.39 is 23.8 Å². The normalized spacial score (nSPS) is 16.4. The van der Waals surface area contributed by atoms with Gasteiger partial charge in [0.1, 0.15) is 12.6 Å². The molecule has 0 spiro atoms. The molecule has 3 amide bonds. The topological polar surface area (TPSA) is 118 Å². The predicted molar refractivity (Wildman–Crippen MR) is 129 cm³/mol. The van der Waals surface area contributed by atoms with E-state index in [0.29, 0.717) is 19.4 Å². The lowest BCUT2D eigenvalue weighted by Crippen LogP contribution is -2.51. The van der Waals surface area contributed by atoms with Crippen LogP contribution in [0, 0.1) is 5.92 Å². The minimum atomic E-state index is -1.01. The van der Waals surface area contributed by atoms with Crippen LogP contribution in [0.5, 0.6) is 0 Å². The summed E-state index contributed by atoms with van der Waals surface area (Å²) in [5, 5.41) is 5.26. The van der Waals surface area contributed by atoms with E-state index in [9.17, 15) is 19.2 Å². The summed E-state index contributed by atoms with van der Waals surface area (Å²) in [7, 11) is 0. The minimum Gasteiger partial charge on any atom is -0.459 e. The fourth-order valence-electron chi connectivity index (χ4n) is 3.75. The average molecular weight is 479 g/mol. The highest BCUT2D eigenvalue weighted by Crippen LogP contribution is 2.17. The molecule has 184 valence electrons. The van der Waals surface area contributed by atoms with Crippen LogP contribution in [0.4, 0.5) is 0 Å². The van der Waals surface area contributed by atoms with Gasteiger partial charge in [-0.25, -0.2) is 4.79 Å². The number of aromatic nitrogens is 1. The summed E-state index contributed by atoms with van der Waals surface area (Å²) in [6.45, 7) is 2.12. The molecule has 9 heteroatoms. The summed E-state index contributed by atoms with van der Waals surface area (Å²) in [5.74, 6) is -1.88. The smallest absolute Gasteiger partial charge is 0.330 e. The van der Waals surface area contributed by atoms with E-state index in [1.165, 1.54) is 13.0 Å². The number of carbonyl (C=O) groups is 4. The molecule has 1 fully saturated rings. The summed E-state index contributed by atoms with van der Waals surface area (Å²) < 4.78 is 5.31. The molecular formula is C26H30N4O5. The summed E-state index contributed by atoms with van der Waals surface area (Å²) in [5.41, 5.74) is 1.68. The van der Waals surface area contributed by atoms with Crippen LogP contribution < -0.4 is 10.6 Å². The Hall–Kier alpha value is -4.01. The first-order valence-electron chi connectivity index (χ1n) is 11.5. The summed E-state index contributed by atoms with van der Waals surface area (Å²) >= 11 is 0. The zero-order valence-corrected chi connectivity index (χ0v) is 19.7. The van der Waals surface area contributed by atoms with Crippen molar-refractivity contribution in [3.63, 3.8) is 0 Å². The molecule has 3 rings (SSSR count). The third kappa shape index (κ3) is 8.37. The van der Waals surface area contributed by atoms with Gasteiger partial charge in [-0.05, 0) is 42.2 Å². The number of rotatable bonds is 9. The number of hydrogen-bond acceptors (Lipinski definition) is 6. The first-order chi connectivity index (χ1) is 16.9. The molecule has 1 unspecified atom stereocenters. The lowest BCUT2D eigenvalue weighted by Gasteiger charge is -2.31. The third-order valence-electron chi connectivity index (χ3n) is 5.59. The van der Waals surface area contributed by atoms with E-state index >= 15 is 0 Å². The van der Waals surface area contributed by atoms with E-state index in [-0.39, 0.29) is 31.5 Å². The molecule has 0 saturated carbocycles. The highest BCUT2D eigenvalue weighted by molar-refractivity contribution is 5.92. The van der Waals surface area contributed by atoms with Crippen LogP contribution in [0.3, 0.4) is 0 Å². The van der Waals surface area contributed by atoms with Crippen LogP contribution in [-0.2, 0) is 30.5 Å². The van der Waals surface area contributed by atoms with Crippen molar-refractivity contribution in [1.29, 1.82) is 0 Å². The molecule has 0 bridgehead atoms. The molecule has 1 aliphatic heterocycles. The molecule has 2 aromatic rings. The first-order valence-corrected chi connectivity index (χ1v) is 11.5. The Morgan fingerprint density at radius 1 is 1.14 bits per heavy atom. The lowest BCUT2D eigenvalue weighted by molar-refractivity contribution is -0.149. The van der Waals surface area contributed by atoms with Crippen molar-refractivity contribution in [2.75, 3.05) is 19.6 Å². The van der Waals surface area contributed by atoms with Crippen LogP contribution >= 0.6 is 0 Å². The second-order valence-electron chi connectivity index (χ2n) is 8.33. The summed E-state index contributed by atoms with van der Waals surface area (Å²) in [6, 6.07) is 11.8. The van der Waals surface area contributed by atoms with Crippen molar-refractivity contribution in [3.8, 4) is 0 Å². The lowest BCUT2D eigenvalue weighted by atomic mass is 9.97. The maximum Gasteiger partial charge on any atom is 0.330 e. The molecule has 0 radical (unpaired) electrons. The summed E-state index contributed by atoms with van der Waals surface area (Å²) in [4.78, 5) is 55.1. The van der Waals surface area contributed by atoms with Crippen molar-refractivity contribution in [1.82, 2.24) is 20.5 Å². The van der Waals surface area contributed by atoms with E-state index in [2.05, 4.69) is 15.6 Å². The highest BCUT2D eigenvalue weighted by atomic mass is 16.5. The number of likely N-dealkylation sites (tertiary alicyclic amines) is 1. The van der Waals surface area contributed by atoms with Crippen molar-refractivity contribution in [2.24, 2.45) is 5.92 Å². The number of carbonyl (C=O) groups excluding carboxylic acids is 4. The van der Waals surface area contributed by atoms with Crippen molar-refractivity contribution in [3.05, 3.63) is 72.1 Å². The average Bonchev–Trinajstić information content (AvgIpc) is 2.89. The van der Waals surface area contributed by atoms with Gasteiger partial charge in [0.15, 0.2) is 0 Å². The Morgan fingerprint density at radius 3 is 2.60 bits per heavy atom. The fourth-order valence-corrected chi connectivity index (χ4v) is 3.75. The maximum absolute atomic E-state index is 12.8. The van der Waals surface area contributed by atoms with Crippen molar-refractivity contribution in [2.45, 2.75) is 32.4 Å². The van der Waals surface area contributed by atoms with Gasteiger partial charge in [-0.2, -0.15) is 0 Å². The van der Waals surface area contributed by atoms with Crippen LogP contribution in [0.1, 0.15) is 30.9 Å². The molecule has 2 heterocycles. The Bertz CT molecular complexity index is 1040. The van der Waals surface area contributed by atoms with E-state index in [0.717, 1.165) is 11.1 Å². The Morgan fingerprint density at radius 2 is 1.89 bits per heavy atom. The molecule has 2 atom stereocenters. The minimum absolute atomic E-state index is 0.0659. The SMILES string of the molecule is CC(=O)NC(CNC(=O)[C@@H]1CCCN(C(=O)/C=C/c2ccncc2)C1)C(=O)OCc1ccccc1. The number of esters is 1. The molecule has 1 saturated heterocycles. The Balaban J connectivity index is 1.51. The van der Waals surface area contributed by atoms with Gasteiger partial charge in [0, 0.05) is 45.0 Å². The molecule has 1 aromatic heterocycles. The number of amides is 3. The standard InChI is InChI=1S/C26H30N4O5/c1-19(31)29-23(26(34)35-18-21-6-3-2-4-7-21)16-28-25(33)22-8-5-15-30(17-22)24(32)10-9-20-11-13-27-14-12-20/h2-4,6-7,9-14,22-23H,5,8,15-18H2,1H3,(H,28,33)(H,29,31)/b10-9+/t22-,23?/m1/s1. The summed E-state index contributed by atoms with van der Waals surface area (Å²) in [6.07, 6.45) is 7.83. The van der Waals surface area contributed by atoms with E-state index in [1.807, 2.05) is 30.3 Å². The molecule has 0 aliphatic carbocycles. The van der Waals surface area contributed by atoms with Crippen molar-refractivity contribution < 1.29 is 23.9 Å². The highest BCUT2D eigenvalue weighted by Gasteiger charge is 2.29. The van der Waals surface area contributed by atoms with Crippen LogP contribution in [0.2, 0.25) is 0 Å². The quantitative estimate of drug-likeness (QED) is 0.418. The van der Waals surface area contributed by atoms with E-state index in [1.54, 1.807) is 35.5 Å². The van der Waals surface area contributed by atoms with Crippen molar-refractivity contribution >= 4 is 29.8 Å². The Labute approximate surface area is 204 Å². The van der Waals surface area contributed by atoms with Gasteiger partial charge in [0.05, 0.1) is 5.92 Å². The number of benzene rings is 1. The largest absolute Gasteiger partial charge is 0.459 e. The van der Waals surface area contributed by atoms with Crippen LogP contribution in [-0.4, -0.2) is 59.3 Å². The number of piperidine rings is 1. The molecule has 1 aromatic carbocycles. The number of pyridine rings is 1. The molecule has 9 nitrogen and oxygen atoms in total. The molecule has 2 N–H and O–H groups in total. The zero-order chi connectivity index (χ0) is 25.0.